The number of benzene rings is 1. The van der Waals surface area contributed by atoms with Crippen molar-refractivity contribution < 1.29 is 9.53 Å². The Hall–Kier alpha value is -2.03. The van der Waals surface area contributed by atoms with Gasteiger partial charge in [0.05, 0.1) is 0 Å². The maximum absolute atomic E-state index is 12.2. The highest BCUT2D eigenvalue weighted by Crippen LogP contribution is 2.15. The molecular formula is C18H23NO2. The van der Waals surface area contributed by atoms with E-state index in [1.807, 2.05) is 58.2 Å². The van der Waals surface area contributed by atoms with Crippen LogP contribution >= 0.6 is 0 Å². The molecule has 1 heterocycles. The van der Waals surface area contributed by atoms with Crippen molar-refractivity contribution in [3.8, 4) is 0 Å². The molecule has 0 aliphatic carbocycles. The Balaban J connectivity index is 2.11. The standard InChI is InChI=1S/C18H23NO2/c1-14-12-16(11-10-15-8-6-5-7-9-15)19(13-14)17(20)21-18(2,3)4/h5-9,12-13H,10-11H2,1-4H3. The maximum atomic E-state index is 12.2. The molecule has 0 aliphatic rings. The van der Waals surface area contributed by atoms with Crippen LogP contribution < -0.4 is 0 Å². The lowest BCUT2D eigenvalue weighted by Gasteiger charge is -2.20. The Labute approximate surface area is 126 Å². The van der Waals surface area contributed by atoms with Gasteiger partial charge in [0, 0.05) is 11.9 Å². The van der Waals surface area contributed by atoms with Crippen LogP contribution in [0.15, 0.2) is 42.6 Å². The van der Waals surface area contributed by atoms with Crippen molar-refractivity contribution in [3.63, 3.8) is 0 Å². The van der Waals surface area contributed by atoms with Crippen LogP contribution in [0.1, 0.15) is 37.6 Å². The van der Waals surface area contributed by atoms with Gasteiger partial charge in [-0.1, -0.05) is 30.3 Å². The number of carbonyl (C=O) groups excluding carboxylic acids is 1. The number of hydrogen-bond donors (Lipinski definition) is 0. The molecule has 0 atom stereocenters. The molecule has 0 unspecified atom stereocenters. The number of aromatic nitrogens is 1. The fourth-order valence-electron chi connectivity index (χ4n) is 2.25. The molecule has 0 radical (unpaired) electrons. The van der Waals surface area contributed by atoms with Crippen LogP contribution in [-0.4, -0.2) is 16.3 Å². The van der Waals surface area contributed by atoms with Gasteiger partial charge in [-0.3, -0.25) is 4.57 Å². The van der Waals surface area contributed by atoms with Crippen LogP contribution in [-0.2, 0) is 17.6 Å². The molecule has 2 rings (SSSR count). The van der Waals surface area contributed by atoms with Crippen LogP contribution in [0.25, 0.3) is 0 Å². The fourth-order valence-corrected chi connectivity index (χ4v) is 2.25. The molecule has 0 aliphatic heterocycles. The zero-order valence-electron chi connectivity index (χ0n) is 13.2. The smallest absolute Gasteiger partial charge is 0.418 e. The van der Waals surface area contributed by atoms with E-state index in [2.05, 4.69) is 12.1 Å². The summed E-state index contributed by atoms with van der Waals surface area (Å²) in [5, 5.41) is 0. The van der Waals surface area contributed by atoms with E-state index in [9.17, 15) is 4.79 Å². The lowest BCUT2D eigenvalue weighted by molar-refractivity contribution is 0.0533. The SMILES string of the molecule is Cc1cc(CCc2ccccc2)n(C(=O)OC(C)(C)C)c1. The van der Waals surface area contributed by atoms with Gasteiger partial charge in [0.15, 0.2) is 0 Å². The normalized spacial score (nSPS) is 11.4. The lowest BCUT2D eigenvalue weighted by Crippen LogP contribution is -2.27. The van der Waals surface area contributed by atoms with Crippen LogP contribution in [0, 0.1) is 6.92 Å². The summed E-state index contributed by atoms with van der Waals surface area (Å²) in [6, 6.07) is 12.3. The fraction of sp³-hybridized carbons (Fsp3) is 0.389. The molecule has 2 aromatic rings. The molecule has 0 bridgehead atoms. The first kappa shape index (κ1) is 15.4. The molecule has 3 heteroatoms. The van der Waals surface area contributed by atoms with Gasteiger partial charge in [0.25, 0.3) is 0 Å². The van der Waals surface area contributed by atoms with E-state index in [4.69, 9.17) is 4.74 Å². The Kier molecular flexibility index (Phi) is 4.51. The summed E-state index contributed by atoms with van der Waals surface area (Å²) in [4.78, 5) is 12.2. The summed E-state index contributed by atoms with van der Waals surface area (Å²) in [5.41, 5.74) is 2.85. The molecule has 1 aromatic heterocycles. The van der Waals surface area contributed by atoms with Gasteiger partial charge in [-0.15, -0.1) is 0 Å². The third kappa shape index (κ3) is 4.48. The first-order chi connectivity index (χ1) is 9.85. The molecule has 0 N–H and O–H groups in total. The van der Waals surface area contributed by atoms with E-state index in [-0.39, 0.29) is 6.09 Å². The minimum atomic E-state index is -0.480. The van der Waals surface area contributed by atoms with Gasteiger partial charge in [-0.2, -0.15) is 0 Å². The van der Waals surface area contributed by atoms with E-state index in [0.29, 0.717) is 0 Å². The second-order valence-corrected chi connectivity index (χ2v) is 6.34. The zero-order chi connectivity index (χ0) is 15.5. The van der Waals surface area contributed by atoms with E-state index < -0.39 is 5.60 Å². The summed E-state index contributed by atoms with van der Waals surface area (Å²) >= 11 is 0. The molecule has 1 aromatic carbocycles. The van der Waals surface area contributed by atoms with Crippen molar-refractivity contribution in [2.45, 2.75) is 46.1 Å². The molecule has 0 saturated carbocycles. The molecule has 0 fully saturated rings. The minimum absolute atomic E-state index is 0.307. The van der Waals surface area contributed by atoms with Crippen molar-refractivity contribution in [1.82, 2.24) is 4.57 Å². The topological polar surface area (TPSA) is 31.2 Å². The van der Waals surface area contributed by atoms with Gasteiger partial charge in [-0.05, 0) is 57.7 Å². The largest absolute Gasteiger partial charge is 0.443 e. The van der Waals surface area contributed by atoms with Gasteiger partial charge < -0.3 is 4.74 Å². The highest BCUT2D eigenvalue weighted by molar-refractivity contribution is 5.72. The maximum Gasteiger partial charge on any atom is 0.418 e. The summed E-state index contributed by atoms with van der Waals surface area (Å²) in [5.74, 6) is 0. The first-order valence-corrected chi connectivity index (χ1v) is 7.30. The Morgan fingerprint density at radius 1 is 1.14 bits per heavy atom. The molecule has 112 valence electrons. The summed E-state index contributed by atoms with van der Waals surface area (Å²) in [6.07, 6.45) is 3.26. The zero-order valence-corrected chi connectivity index (χ0v) is 13.2. The predicted molar refractivity (Wildman–Crippen MR) is 84.7 cm³/mol. The highest BCUT2D eigenvalue weighted by atomic mass is 16.6. The van der Waals surface area contributed by atoms with E-state index >= 15 is 0 Å². The van der Waals surface area contributed by atoms with Crippen LogP contribution in [0.3, 0.4) is 0 Å². The summed E-state index contributed by atoms with van der Waals surface area (Å²) in [6.45, 7) is 7.63. The average Bonchev–Trinajstić information content (AvgIpc) is 2.77. The third-order valence-corrected chi connectivity index (χ3v) is 3.14. The Morgan fingerprint density at radius 2 is 1.81 bits per heavy atom. The van der Waals surface area contributed by atoms with Gasteiger partial charge in [0.1, 0.15) is 5.60 Å². The average molecular weight is 285 g/mol. The van der Waals surface area contributed by atoms with Crippen molar-refractivity contribution in [2.24, 2.45) is 0 Å². The van der Waals surface area contributed by atoms with Crippen LogP contribution in [0.5, 0.6) is 0 Å². The van der Waals surface area contributed by atoms with Crippen molar-refractivity contribution in [1.29, 1.82) is 0 Å². The van der Waals surface area contributed by atoms with E-state index in [0.717, 1.165) is 24.1 Å². The monoisotopic (exact) mass is 285 g/mol. The number of nitrogens with zero attached hydrogens (tertiary/aromatic N) is 1. The molecule has 21 heavy (non-hydrogen) atoms. The predicted octanol–water partition coefficient (Wildman–Crippen LogP) is 4.36. The third-order valence-electron chi connectivity index (χ3n) is 3.14. The summed E-state index contributed by atoms with van der Waals surface area (Å²) < 4.78 is 7.08. The number of hydrogen-bond acceptors (Lipinski definition) is 2. The highest BCUT2D eigenvalue weighted by Gasteiger charge is 2.19. The molecular weight excluding hydrogens is 262 g/mol. The molecule has 0 spiro atoms. The minimum Gasteiger partial charge on any atom is -0.443 e. The van der Waals surface area contributed by atoms with Gasteiger partial charge in [0.2, 0.25) is 0 Å². The first-order valence-electron chi connectivity index (χ1n) is 7.30. The van der Waals surface area contributed by atoms with Crippen molar-refractivity contribution in [2.75, 3.05) is 0 Å². The van der Waals surface area contributed by atoms with Crippen molar-refractivity contribution >= 4 is 6.09 Å². The molecule has 3 nitrogen and oxygen atoms in total. The number of carbonyl (C=O) groups is 1. The van der Waals surface area contributed by atoms with Gasteiger partial charge in [-0.25, -0.2) is 4.79 Å². The Bertz CT molecular complexity index is 606. The van der Waals surface area contributed by atoms with Gasteiger partial charge >= 0.3 is 6.09 Å². The van der Waals surface area contributed by atoms with Crippen LogP contribution in [0.4, 0.5) is 4.79 Å². The number of ether oxygens (including phenoxy) is 1. The van der Waals surface area contributed by atoms with Crippen molar-refractivity contribution in [3.05, 3.63) is 59.4 Å². The molecule has 0 amide bonds. The number of aryl methyl sites for hydroxylation is 3. The van der Waals surface area contributed by atoms with Crippen LogP contribution in [0.2, 0.25) is 0 Å². The van der Waals surface area contributed by atoms with E-state index in [1.165, 1.54) is 5.56 Å². The quantitative estimate of drug-likeness (QED) is 0.838. The molecule has 0 saturated heterocycles. The van der Waals surface area contributed by atoms with E-state index in [1.54, 1.807) is 4.57 Å². The second-order valence-electron chi connectivity index (χ2n) is 6.34. The Morgan fingerprint density at radius 3 is 2.43 bits per heavy atom. The second kappa shape index (κ2) is 6.17. The lowest BCUT2D eigenvalue weighted by atomic mass is 10.1. The summed E-state index contributed by atoms with van der Waals surface area (Å²) in [7, 11) is 0. The number of rotatable bonds is 3.